The molecule has 1 aliphatic rings. The molecule has 21 heavy (non-hydrogen) atoms. The monoisotopic (exact) mass is 284 g/mol. The fourth-order valence-corrected chi connectivity index (χ4v) is 2.34. The zero-order valence-electron chi connectivity index (χ0n) is 11.0. The molecular formula is C13H12N6O2. The third kappa shape index (κ3) is 2.18. The van der Waals surface area contributed by atoms with Crippen LogP contribution in [0.3, 0.4) is 0 Å². The van der Waals surface area contributed by atoms with Gasteiger partial charge in [0.15, 0.2) is 5.65 Å². The number of carbonyl (C=O) groups excluding carboxylic acids is 2. The number of primary amides is 1. The van der Waals surface area contributed by atoms with Gasteiger partial charge in [-0.1, -0.05) is 0 Å². The third-order valence-corrected chi connectivity index (χ3v) is 3.56. The molecule has 0 radical (unpaired) electrons. The normalized spacial score (nSPS) is 20.5. The first-order valence-electron chi connectivity index (χ1n) is 6.43. The lowest BCUT2D eigenvalue weighted by atomic mass is 9.81. The molecule has 1 aliphatic carbocycles. The molecule has 0 aliphatic heterocycles. The predicted octanol–water partition coefficient (Wildman–Crippen LogP) is -0.140. The quantitative estimate of drug-likeness (QED) is 0.811. The van der Waals surface area contributed by atoms with Crippen molar-refractivity contribution in [2.75, 3.05) is 0 Å². The summed E-state index contributed by atoms with van der Waals surface area (Å²) in [7, 11) is 0. The van der Waals surface area contributed by atoms with E-state index in [1.54, 1.807) is 0 Å². The minimum atomic E-state index is -0.647. The Bertz CT molecular complexity index is 769. The molecule has 0 saturated heterocycles. The Morgan fingerprint density at radius 2 is 2.24 bits per heavy atom. The molecule has 1 fully saturated rings. The summed E-state index contributed by atoms with van der Waals surface area (Å²) >= 11 is 0. The summed E-state index contributed by atoms with van der Waals surface area (Å²) in [4.78, 5) is 27.5. The van der Waals surface area contributed by atoms with Crippen molar-refractivity contribution in [3.63, 3.8) is 0 Å². The average Bonchev–Trinajstić information content (AvgIpc) is 2.85. The molecule has 1 saturated carbocycles. The Morgan fingerprint density at radius 1 is 1.48 bits per heavy atom. The van der Waals surface area contributed by atoms with Crippen molar-refractivity contribution in [2.24, 2.45) is 11.7 Å². The zero-order valence-corrected chi connectivity index (χ0v) is 11.0. The van der Waals surface area contributed by atoms with Crippen molar-refractivity contribution >= 4 is 17.5 Å². The van der Waals surface area contributed by atoms with E-state index in [0.29, 0.717) is 12.8 Å². The summed E-state index contributed by atoms with van der Waals surface area (Å²) in [5.74, 6) is -0.951. The number of hydrogen-bond donors (Lipinski definition) is 2. The van der Waals surface area contributed by atoms with Crippen LogP contribution in [-0.4, -0.2) is 32.5 Å². The molecule has 0 unspecified atom stereocenters. The zero-order chi connectivity index (χ0) is 15.0. The number of nitrogens with one attached hydrogen (secondary N) is 1. The smallest absolute Gasteiger partial charge is 0.270 e. The Kier molecular flexibility index (Phi) is 3.02. The lowest BCUT2D eigenvalue weighted by Crippen LogP contribution is -2.44. The Hall–Kier alpha value is -2.95. The number of fused-ring (bicyclic) bond motifs is 1. The van der Waals surface area contributed by atoms with E-state index in [2.05, 4.69) is 21.5 Å². The van der Waals surface area contributed by atoms with Gasteiger partial charge >= 0.3 is 0 Å². The molecule has 0 spiro atoms. The number of hydrogen-bond acceptors (Lipinski definition) is 5. The van der Waals surface area contributed by atoms with Crippen LogP contribution in [0, 0.1) is 17.2 Å². The summed E-state index contributed by atoms with van der Waals surface area (Å²) < 4.78 is 1.29. The van der Waals surface area contributed by atoms with Gasteiger partial charge in [0.1, 0.15) is 11.3 Å². The van der Waals surface area contributed by atoms with Crippen LogP contribution in [-0.2, 0) is 0 Å². The minimum Gasteiger partial charge on any atom is -0.365 e. The number of nitriles is 1. The predicted molar refractivity (Wildman–Crippen MR) is 71.1 cm³/mol. The summed E-state index contributed by atoms with van der Waals surface area (Å²) in [6.45, 7) is 0. The maximum absolute atomic E-state index is 12.2. The second kappa shape index (κ2) is 4.86. The SMILES string of the molecule is N#C[C@H]1C[C@@H](NC(=O)c2ccnc3c(C(N)=O)cnn23)C1. The maximum Gasteiger partial charge on any atom is 0.270 e. The minimum absolute atomic E-state index is 0.00321. The van der Waals surface area contributed by atoms with Gasteiger partial charge in [-0.3, -0.25) is 9.59 Å². The van der Waals surface area contributed by atoms with Crippen LogP contribution < -0.4 is 11.1 Å². The molecule has 2 aromatic heterocycles. The van der Waals surface area contributed by atoms with Gasteiger partial charge in [0.05, 0.1) is 18.2 Å². The van der Waals surface area contributed by atoms with Gasteiger partial charge < -0.3 is 11.1 Å². The highest BCUT2D eigenvalue weighted by molar-refractivity contribution is 5.99. The number of nitrogens with zero attached hydrogens (tertiary/aromatic N) is 4. The standard InChI is InChI=1S/C13H12N6O2/c14-5-7-3-8(4-7)18-13(21)10-1-2-16-12-9(11(15)20)6-17-19(10)12/h1-2,6-8H,3-4H2,(H2,15,20)(H,18,21)/t7-,8+. The average molecular weight is 284 g/mol. The van der Waals surface area contributed by atoms with Crippen LogP contribution >= 0.6 is 0 Å². The van der Waals surface area contributed by atoms with E-state index in [1.165, 1.54) is 23.0 Å². The molecule has 0 bridgehead atoms. The molecule has 0 aromatic carbocycles. The first-order chi connectivity index (χ1) is 10.1. The van der Waals surface area contributed by atoms with Gasteiger partial charge in [0, 0.05) is 12.2 Å². The molecule has 8 nitrogen and oxygen atoms in total. The molecule has 2 aromatic rings. The van der Waals surface area contributed by atoms with E-state index >= 15 is 0 Å². The van der Waals surface area contributed by atoms with Crippen LogP contribution in [0.25, 0.3) is 5.65 Å². The highest BCUT2D eigenvalue weighted by atomic mass is 16.2. The van der Waals surface area contributed by atoms with E-state index in [4.69, 9.17) is 11.0 Å². The van der Waals surface area contributed by atoms with Gasteiger partial charge in [-0.15, -0.1) is 0 Å². The van der Waals surface area contributed by atoms with E-state index in [0.717, 1.165) is 0 Å². The van der Waals surface area contributed by atoms with Crippen molar-refractivity contribution in [1.29, 1.82) is 5.26 Å². The third-order valence-electron chi connectivity index (χ3n) is 3.56. The first-order valence-corrected chi connectivity index (χ1v) is 6.43. The van der Waals surface area contributed by atoms with Crippen molar-refractivity contribution in [3.8, 4) is 6.07 Å². The van der Waals surface area contributed by atoms with Crippen molar-refractivity contribution in [1.82, 2.24) is 19.9 Å². The van der Waals surface area contributed by atoms with E-state index in [9.17, 15) is 9.59 Å². The molecular weight excluding hydrogens is 272 g/mol. The highest BCUT2D eigenvalue weighted by Gasteiger charge is 2.31. The van der Waals surface area contributed by atoms with Crippen LogP contribution in [0.15, 0.2) is 18.5 Å². The highest BCUT2D eigenvalue weighted by Crippen LogP contribution is 2.26. The summed E-state index contributed by atoms with van der Waals surface area (Å²) in [5, 5.41) is 15.5. The first kappa shape index (κ1) is 13.1. The number of rotatable bonds is 3. The van der Waals surface area contributed by atoms with Crippen molar-refractivity contribution < 1.29 is 9.59 Å². The molecule has 3 N–H and O–H groups in total. The molecule has 106 valence electrons. The van der Waals surface area contributed by atoms with Crippen LogP contribution in [0.1, 0.15) is 33.7 Å². The molecule has 8 heteroatoms. The largest absolute Gasteiger partial charge is 0.365 e. The maximum atomic E-state index is 12.2. The van der Waals surface area contributed by atoms with Crippen LogP contribution in [0.2, 0.25) is 0 Å². The molecule has 2 amide bonds. The lowest BCUT2D eigenvalue weighted by Gasteiger charge is -2.31. The number of amides is 2. The number of nitrogens with two attached hydrogens (primary N) is 1. The molecule has 0 atom stereocenters. The van der Waals surface area contributed by atoms with Crippen LogP contribution in [0.4, 0.5) is 0 Å². The van der Waals surface area contributed by atoms with Crippen LogP contribution in [0.5, 0.6) is 0 Å². The molecule has 2 heterocycles. The summed E-state index contributed by atoms with van der Waals surface area (Å²) in [6.07, 6.45) is 4.03. The summed E-state index contributed by atoms with van der Waals surface area (Å²) in [6, 6.07) is 3.67. The van der Waals surface area contributed by atoms with Gasteiger partial charge in [0.2, 0.25) is 0 Å². The van der Waals surface area contributed by atoms with E-state index in [-0.39, 0.29) is 34.8 Å². The number of carbonyl (C=O) groups is 2. The van der Waals surface area contributed by atoms with E-state index in [1.807, 2.05) is 0 Å². The summed E-state index contributed by atoms with van der Waals surface area (Å²) in [5.41, 5.74) is 5.91. The Morgan fingerprint density at radius 3 is 2.90 bits per heavy atom. The second-order valence-corrected chi connectivity index (χ2v) is 4.96. The Balaban J connectivity index is 1.85. The fraction of sp³-hybridized carbons (Fsp3) is 0.308. The number of aromatic nitrogens is 3. The van der Waals surface area contributed by atoms with Gasteiger partial charge in [0.25, 0.3) is 11.8 Å². The second-order valence-electron chi connectivity index (χ2n) is 4.96. The fourth-order valence-electron chi connectivity index (χ4n) is 2.34. The van der Waals surface area contributed by atoms with Gasteiger partial charge in [-0.2, -0.15) is 10.4 Å². The molecule has 3 rings (SSSR count). The van der Waals surface area contributed by atoms with Gasteiger partial charge in [-0.25, -0.2) is 9.50 Å². The van der Waals surface area contributed by atoms with Crippen molar-refractivity contribution in [3.05, 3.63) is 29.7 Å². The van der Waals surface area contributed by atoms with E-state index < -0.39 is 5.91 Å². The van der Waals surface area contributed by atoms with Crippen molar-refractivity contribution in [2.45, 2.75) is 18.9 Å². The van der Waals surface area contributed by atoms with Gasteiger partial charge in [-0.05, 0) is 18.9 Å². The topological polar surface area (TPSA) is 126 Å². The lowest BCUT2D eigenvalue weighted by molar-refractivity contribution is 0.0895. The Labute approximate surface area is 119 Å².